The van der Waals surface area contributed by atoms with Crippen LogP contribution in [0.3, 0.4) is 0 Å². The van der Waals surface area contributed by atoms with Crippen LogP contribution in [0.15, 0.2) is 36.7 Å². The fourth-order valence-electron chi connectivity index (χ4n) is 2.65. The number of fused-ring (bicyclic) bond motifs is 1. The number of rotatable bonds is 6. The van der Waals surface area contributed by atoms with E-state index in [-0.39, 0.29) is 12.1 Å². The highest BCUT2D eigenvalue weighted by molar-refractivity contribution is 5.85. The maximum absolute atomic E-state index is 5.90. The zero-order valence-corrected chi connectivity index (χ0v) is 12.3. The molecular weight excluding hydrogens is 250 g/mol. The average Bonchev–Trinajstić information content (AvgIpc) is 2.47. The van der Waals surface area contributed by atoms with E-state index in [1.165, 1.54) is 0 Å². The third kappa shape index (κ3) is 2.98. The molecule has 4 heteroatoms. The predicted molar refractivity (Wildman–Crippen MR) is 82.1 cm³/mol. The van der Waals surface area contributed by atoms with Crippen LogP contribution in [-0.2, 0) is 4.74 Å². The predicted octanol–water partition coefficient (Wildman–Crippen LogP) is 2.80. The van der Waals surface area contributed by atoms with E-state index < -0.39 is 0 Å². The number of ether oxygens (including phenoxy) is 1. The first-order valence-corrected chi connectivity index (χ1v) is 7.09. The van der Waals surface area contributed by atoms with E-state index >= 15 is 0 Å². The normalized spacial score (nSPS) is 14.7. The van der Waals surface area contributed by atoms with Gasteiger partial charge in [-0.05, 0) is 29.9 Å². The molecule has 0 radical (unpaired) electrons. The SMILES string of the molecule is CCOC(C(C)C)C(NN)c1cccc2cnccc12. The lowest BCUT2D eigenvalue weighted by molar-refractivity contribution is 0.00311. The number of pyridine rings is 1. The van der Waals surface area contributed by atoms with Gasteiger partial charge in [-0.3, -0.25) is 16.3 Å². The quantitative estimate of drug-likeness (QED) is 0.627. The maximum Gasteiger partial charge on any atom is 0.0805 e. The summed E-state index contributed by atoms with van der Waals surface area (Å²) in [4.78, 5) is 4.17. The Kier molecular flexibility index (Phi) is 5.06. The molecule has 2 aromatic rings. The molecule has 0 fully saturated rings. The molecule has 3 N–H and O–H groups in total. The van der Waals surface area contributed by atoms with E-state index in [4.69, 9.17) is 10.6 Å². The molecule has 2 atom stereocenters. The smallest absolute Gasteiger partial charge is 0.0805 e. The first-order chi connectivity index (χ1) is 9.69. The Labute approximate surface area is 120 Å². The third-order valence-corrected chi connectivity index (χ3v) is 3.57. The number of aromatic nitrogens is 1. The topological polar surface area (TPSA) is 60.2 Å². The summed E-state index contributed by atoms with van der Waals surface area (Å²) < 4.78 is 5.90. The van der Waals surface area contributed by atoms with Gasteiger partial charge in [0, 0.05) is 24.4 Å². The van der Waals surface area contributed by atoms with Crippen LogP contribution in [-0.4, -0.2) is 17.7 Å². The van der Waals surface area contributed by atoms with Crippen LogP contribution in [0.2, 0.25) is 0 Å². The molecule has 0 saturated carbocycles. The van der Waals surface area contributed by atoms with Crippen LogP contribution < -0.4 is 11.3 Å². The number of hydrogen-bond donors (Lipinski definition) is 2. The van der Waals surface area contributed by atoms with Crippen LogP contribution in [0.25, 0.3) is 10.8 Å². The molecule has 0 aliphatic heterocycles. The largest absolute Gasteiger partial charge is 0.376 e. The standard InChI is InChI=1S/C16H23N3O/c1-4-20-16(11(2)3)15(19-17)14-7-5-6-12-10-18-9-8-13(12)14/h5-11,15-16,19H,4,17H2,1-3H3. The number of hydrazine groups is 1. The van der Waals surface area contributed by atoms with Gasteiger partial charge >= 0.3 is 0 Å². The van der Waals surface area contributed by atoms with Crippen molar-refractivity contribution in [2.24, 2.45) is 11.8 Å². The number of nitrogens with two attached hydrogens (primary N) is 1. The van der Waals surface area contributed by atoms with Gasteiger partial charge in [0.05, 0.1) is 12.1 Å². The molecule has 1 heterocycles. The van der Waals surface area contributed by atoms with E-state index in [1.54, 1.807) is 0 Å². The van der Waals surface area contributed by atoms with Crippen LogP contribution in [0.4, 0.5) is 0 Å². The number of nitrogens with one attached hydrogen (secondary N) is 1. The van der Waals surface area contributed by atoms with Crippen molar-refractivity contribution < 1.29 is 4.74 Å². The molecule has 108 valence electrons. The Bertz CT molecular complexity index is 551. The molecule has 1 aromatic carbocycles. The van der Waals surface area contributed by atoms with Gasteiger partial charge < -0.3 is 4.74 Å². The molecule has 2 rings (SSSR count). The van der Waals surface area contributed by atoms with Crippen molar-refractivity contribution in [3.05, 3.63) is 42.2 Å². The molecular formula is C16H23N3O. The van der Waals surface area contributed by atoms with Gasteiger partial charge in [-0.25, -0.2) is 0 Å². The summed E-state index contributed by atoms with van der Waals surface area (Å²) in [7, 11) is 0. The molecule has 1 aromatic heterocycles. The molecule has 0 spiro atoms. The summed E-state index contributed by atoms with van der Waals surface area (Å²) >= 11 is 0. The zero-order chi connectivity index (χ0) is 14.5. The summed E-state index contributed by atoms with van der Waals surface area (Å²) in [6.45, 7) is 6.98. The third-order valence-electron chi connectivity index (χ3n) is 3.57. The van der Waals surface area contributed by atoms with Crippen molar-refractivity contribution in [1.29, 1.82) is 0 Å². The highest BCUT2D eigenvalue weighted by Gasteiger charge is 2.26. The van der Waals surface area contributed by atoms with Crippen molar-refractivity contribution in [1.82, 2.24) is 10.4 Å². The van der Waals surface area contributed by atoms with E-state index in [0.717, 1.165) is 16.3 Å². The molecule has 20 heavy (non-hydrogen) atoms. The van der Waals surface area contributed by atoms with Gasteiger partial charge in [-0.1, -0.05) is 32.0 Å². The van der Waals surface area contributed by atoms with Gasteiger partial charge in [0.25, 0.3) is 0 Å². The fourth-order valence-corrected chi connectivity index (χ4v) is 2.65. The second-order valence-corrected chi connectivity index (χ2v) is 5.25. The van der Waals surface area contributed by atoms with Crippen LogP contribution in [0.5, 0.6) is 0 Å². The maximum atomic E-state index is 5.90. The summed E-state index contributed by atoms with van der Waals surface area (Å²) in [5.41, 5.74) is 4.08. The minimum absolute atomic E-state index is 0.0313. The average molecular weight is 273 g/mol. The Hall–Kier alpha value is -1.49. The van der Waals surface area contributed by atoms with Crippen molar-refractivity contribution in [2.75, 3.05) is 6.61 Å². The number of nitrogens with zero attached hydrogens (tertiary/aromatic N) is 1. The lowest BCUT2D eigenvalue weighted by Crippen LogP contribution is -2.40. The Morgan fingerprint density at radius 2 is 2.10 bits per heavy atom. The first kappa shape index (κ1) is 14.9. The lowest BCUT2D eigenvalue weighted by Gasteiger charge is -2.30. The van der Waals surface area contributed by atoms with E-state index in [1.807, 2.05) is 31.5 Å². The summed E-state index contributed by atoms with van der Waals surface area (Å²) in [5.74, 6) is 6.19. The van der Waals surface area contributed by atoms with Gasteiger partial charge in [-0.2, -0.15) is 0 Å². The van der Waals surface area contributed by atoms with Crippen molar-refractivity contribution >= 4 is 10.8 Å². The molecule has 4 nitrogen and oxygen atoms in total. The Morgan fingerprint density at radius 3 is 2.75 bits per heavy atom. The molecule has 0 aliphatic rings. The van der Waals surface area contributed by atoms with E-state index in [0.29, 0.717) is 12.5 Å². The summed E-state index contributed by atoms with van der Waals surface area (Å²) in [6.07, 6.45) is 3.71. The second kappa shape index (κ2) is 6.79. The Morgan fingerprint density at radius 1 is 1.30 bits per heavy atom. The monoisotopic (exact) mass is 273 g/mol. The van der Waals surface area contributed by atoms with Crippen molar-refractivity contribution in [2.45, 2.75) is 32.9 Å². The fraction of sp³-hybridized carbons (Fsp3) is 0.438. The highest BCUT2D eigenvalue weighted by Crippen LogP contribution is 2.29. The van der Waals surface area contributed by atoms with Crippen molar-refractivity contribution in [3.63, 3.8) is 0 Å². The van der Waals surface area contributed by atoms with Crippen molar-refractivity contribution in [3.8, 4) is 0 Å². The van der Waals surface area contributed by atoms with E-state index in [2.05, 4.69) is 36.4 Å². The summed E-state index contributed by atoms with van der Waals surface area (Å²) in [6, 6.07) is 8.18. The molecule has 0 bridgehead atoms. The van der Waals surface area contributed by atoms with Gasteiger partial charge in [0.2, 0.25) is 0 Å². The molecule has 2 unspecified atom stereocenters. The van der Waals surface area contributed by atoms with Crippen LogP contribution >= 0.6 is 0 Å². The minimum Gasteiger partial charge on any atom is -0.376 e. The van der Waals surface area contributed by atoms with Gasteiger partial charge in [-0.15, -0.1) is 0 Å². The second-order valence-electron chi connectivity index (χ2n) is 5.25. The number of hydrogen-bond acceptors (Lipinski definition) is 4. The summed E-state index contributed by atoms with van der Waals surface area (Å²) in [5, 5.41) is 2.28. The lowest BCUT2D eigenvalue weighted by atomic mass is 9.91. The van der Waals surface area contributed by atoms with Gasteiger partial charge in [0.1, 0.15) is 0 Å². The highest BCUT2D eigenvalue weighted by atomic mass is 16.5. The minimum atomic E-state index is -0.0407. The van der Waals surface area contributed by atoms with Gasteiger partial charge in [0.15, 0.2) is 0 Å². The molecule has 0 aliphatic carbocycles. The first-order valence-electron chi connectivity index (χ1n) is 7.09. The number of benzene rings is 1. The zero-order valence-electron chi connectivity index (χ0n) is 12.3. The van der Waals surface area contributed by atoms with Crippen LogP contribution in [0, 0.1) is 5.92 Å². The molecule has 0 saturated heterocycles. The molecule has 0 amide bonds. The Balaban J connectivity index is 2.48. The van der Waals surface area contributed by atoms with Crippen LogP contribution in [0.1, 0.15) is 32.4 Å². The van der Waals surface area contributed by atoms with E-state index in [9.17, 15) is 0 Å².